The molecule has 1 aliphatic rings. The van der Waals surface area contributed by atoms with Crippen LogP contribution in [0.5, 0.6) is 0 Å². The first kappa shape index (κ1) is 16.1. The second kappa shape index (κ2) is 7.16. The van der Waals surface area contributed by atoms with E-state index < -0.39 is 0 Å². The molecule has 1 aromatic carbocycles. The van der Waals surface area contributed by atoms with Crippen LogP contribution in [0.15, 0.2) is 30.1 Å². The van der Waals surface area contributed by atoms with Crippen molar-refractivity contribution < 1.29 is 9.53 Å². The van der Waals surface area contributed by atoms with Crippen molar-refractivity contribution in [2.75, 3.05) is 40.4 Å². The molecule has 0 amide bonds. The first-order valence-electron chi connectivity index (χ1n) is 6.69. The van der Waals surface area contributed by atoms with Crippen LogP contribution in [0.3, 0.4) is 0 Å². The van der Waals surface area contributed by atoms with Crippen molar-refractivity contribution in [3.63, 3.8) is 0 Å². The fourth-order valence-corrected chi connectivity index (χ4v) is 2.64. The standard InChI is InChI=1S/C15H18Cl2N2O2/c1-18(2)10-14(19-5-7-21-8-6-19)15(20)12-4-3-11(16)9-13(12)17/h3-4,9-10H,5-8H2,1-2H3/b14-10-. The Morgan fingerprint density at radius 2 is 1.95 bits per heavy atom. The number of nitrogens with zero attached hydrogens (tertiary/aromatic N) is 2. The normalized spacial score (nSPS) is 16.0. The number of rotatable bonds is 4. The summed E-state index contributed by atoms with van der Waals surface area (Å²) in [6, 6.07) is 4.92. The van der Waals surface area contributed by atoms with E-state index in [0.29, 0.717) is 47.6 Å². The highest BCUT2D eigenvalue weighted by Crippen LogP contribution is 2.25. The molecule has 1 saturated heterocycles. The summed E-state index contributed by atoms with van der Waals surface area (Å²) in [6.45, 7) is 2.62. The van der Waals surface area contributed by atoms with E-state index in [9.17, 15) is 4.79 Å². The number of carbonyl (C=O) groups excluding carboxylic acids is 1. The molecule has 6 heteroatoms. The van der Waals surface area contributed by atoms with Gasteiger partial charge in [0.15, 0.2) is 0 Å². The minimum absolute atomic E-state index is 0.104. The summed E-state index contributed by atoms with van der Waals surface area (Å²) < 4.78 is 5.34. The van der Waals surface area contributed by atoms with Gasteiger partial charge in [-0.1, -0.05) is 23.2 Å². The largest absolute Gasteiger partial charge is 0.382 e. The van der Waals surface area contributed by atoms with Crippen molar-refractivity contribution in [1.82, 2.24) is 9.80 Å². The Bertz CT molecular complexity index is 553. The molecular weight excluding hydrogens is 311 g/mol. The first-order valence-corrected chi connectivity index (χ1v) is 7.45. The fourth-order valence-electron chi connectivity index (χ4n) is 2.14. The number of benzene rings is 1. The van der Waals surface area contributed by atoms with Crippen molar-refractivity contribution in [2.45, 2.75) is 0 Å². The second-order valence-electron chi connectivity index (χ2n) is 5.03. The average molecular weight is 329 g/mol. The topological polar surface area (TPSA) is 32.8 Å². The van der Waals surface area contributed by atoms with Gasteiger partial charge in [-0.25, -0.2) is 0 Å². The number of morpholine rings is 1. The molecule has 0 spiro atoms. The maximum atomic E-state index is 12.8. The van der Waals surface area contributed by atoms with Gasteiger partial charge in [-0.2, -0.15) is 0 Å². The zero-order chi connectivity index (χ0) is 15.4. The van der Waals surface area contributed by atoms with Crippen molar-refractivity contribution in [3.8, 4) is 0 Å². The third-order valence-corrected chi connectivity index (χ3v) is 3.69. The second-order valence-corrected chi connectivity index (χ2v) is 5.87. The molecule has 0 aromatic heterocycles. The summed E-state index contributed by atoms with van der Waals surface area (Å²) in [5, 5.41) is 0.881. The lowest BCUT2D eigenvalue weighted by Gasteiger charge is -2.31. The van der Waals surface area contributed by atoms with Gasteiger partial charge >= 0.3 is 0 Å². The highest BCUT2D eigenvalue weighted by atomic mass is 35.5. The minimum Gasteiger partial charge on any atom is -0.382 e. The first-order chi connectivity index (χ1) is 9.99. The molecular formula is C15H18Cl2N2O2. The molecule has 0 unspecified atom stereocenters. The number of ether oxygens (including phenoxy) is 1. The molecule has 114 valence electrons. The van der Waals surface area contributed by atoms with Crippen LogP contribution < -0.4 is 0 Å². The molecule has 1 heterocycles. The Morgan fingerprint density at radius 1 is 1.29 bits per heavy atom. The molecule has 0 N–H and O–H groups in total. The van der Waals surface area contributed by atoms with Gasteiger partial charge in [-0.15, -0.1) is 0 Å². The number of carbonyl (C=O) groups is 1. The molecule has 1 aromatic rings. The van der Waals surface area contributed by atoms with E-state index in [1.165, 1.54) is 0 Å². The lowest BCUT2D eigenvalue weighted by Crippen LogP contribution is -2.38. The van der Waals surface area contributed by atoms with E-state index in [-0.39, 0.29) is 5.78 Å². The summed E-state index contributed by atoms with van der Waals surface area (Å²) in [5.41, 5.74) is 1.08. The van der Waals surface area contributed by atoms with Crippen molar-refractivity contribution >= 4 is 29.0 Å². The van der Waals surface area contributed by atoms with Gasteiger partial charge in [0.25, 0.3) is 0 Å². The van der Waals surface area contributed by atoms with E-state index in [4.69, 9.17) is 27.9 Å². The van der Waals surface area contributed by atoms with Crippen LogP contribution in [-0.2, 0) is 4.74 Å². The van der Waals surface area contributed by atoms with Crippen LogP contribution in [0.2, 0.25) is 10.0 Å². The molecule has 0 saturated carbocycles. The van der Waals surface area contributed by atoms with E-state index in [1.54, 1.807) is 18.2 Å². The van der Waals surface area contributed by atoms with Crippen molar-refractivity contribution in [1.29, 1.82) is 0 Å². The van der Waals surface area contributed by atoms with E-state index >= 15 is 0 Å². The SMILES string of the molecule is CN(C)/C=C(/C(=O)c1ccc(Cl)cc1Cl)N1CCOCC1. The van der Waals surface area contributed by atoms with Gasteiger partial charge in [0, 0.05) is 44.0 Å². The summed E-state index contributed by atoms with van der Waals surface area (Å²) in [5.74, 6) is -0.104. The van der Waals surface area contributed by atoms with Crippen LogP contribution in [0.4, 0.5) is 0 Å². The average Bonchev–Trinajstić information content (AvgIpc) is 2.45. The molecule has 0 bridgehead atoms. The van der Waals surface area contributed by atoms with Crippen LogP contribution >= 0.6 is 23.2 Å². The lowest BCUT2D eigenvalue weighted by atomic mass is 10.1. The van der Waals surface area contributed by atoms with Crippen LogP contribution in [0.25, 0.3) is 0 Å². The van der Waals surface area contributed by atoms with Gasteiger partial charge in [0.05, 0.1) is 18.2 Å². The number of hydrogen-bond acceptors (Lipinski definition) is 4. The van der Waals surface area contributed by atoms with Gasteiger partial charge in [0.2, 0.25) is 5.78 Å². The van der Waals surface area contributed by atoms with E-state index in [2.05, 4.69) is 0 Å². The number of hydrogen-bond donors (Lipinski definition) is 0. The molecule has 1 aliphatic heterocycles. The van der Waals surface area contributed by atoms with Crippen molar-refractivity contribution in [2.24, 2.45) is 0 Å². The highest BCUT2D eigenvalue weighted by molar-refractivity contribution is 6.37. The zero-order valence-corrected chi connectivity index (χ0v) is 13.6. The molecule has 0 radical (unpaired) electrons. The van der Waals surface area contributed by atoms with Gasteiger partial charge in [-0.3, -0.25) is 4.79 Å². The van der Waals surface area contributed by atoms with Crippen LogP contribution in [0.1, 0.15) is 10.4 Å². The number of allylic oxidation sites excluding steroid dienone is 1. The monoisotopic (exact) mass is 328 g/mol. The van der Waals surface area contributed by atoms with E-state index in [1.807, 2.05) is 30.1 Å². The smallest absolute Gasteiger partial charge is 0.212 e. The van der Waals surface area contributed by atoms with Gasteiger partial charge < -0.3 is 14.5 Å². The summed E-state index contributed by atoms with van der Waals surface area (Å²) in [6.07, 6.45) is 1.82. The summed E-state index contributed by atoms with van der Waals surface area (Å²) in [7, 11) is 3.77. The number of Topliss-reactive ketones (excluding diaryl/α,β-unsaturated/α-hetero) is 1. The highest BCUT2D eigenvalue weighted by Gasteiger charge is 2.23. The summed E-state index contributed by atoms with van der Waals surface area (Å²) in [4.78, 5) is 16.7. The Balaban J connectivity index is 2.33. The third kappa shape index (κ3) is 4.13. The van der Waals surface area contributed by atoms with Gasteiger partial charge in [-0.05, 0) is 18.2 Å². The van der Waals surface area contributed by atoms with Crippen LogP contribution in [-0.4, -0.2) is 56.0 Å². The molecule has 0 atom stereocenters. The number of ketones is 1. The Morgan fingerprint density at radius 3 is 2.52 bits per heavy atom. The minimum atomic E-state index is -0.104. The Hall–Kier alpha value is -1.23. The van der Waals surface area contributed by atoms with E-state index in [0.717, 1.165) is 0 Å². The molecule has 1 fully saturated rings. The predicted molar refractivity (Wildman–Crippen MR) is 85.0 cm³/mol. The zero-order valence-electron chi connectivity index (χ0n) is 12.1. The predicted octanol–water partition coefficient (Wildman–Crippen LogP) is 2.91. The Labute approximate surface area is 134 Å². The quantitative estimate of drug-likeness (QED) is 0.628. The third-order valence-electron chi connectivity index (χ3n) is 3.14. The molecule has 0 aliphatic carbocycles. The molecule has 4 nitrogen and oxygen atoms in total. The maximum absolute atomic E-state index is 12.8. The maximum Gasteiger partial charge on any atom is 0.212 e. The summed E-state index contributed by atoms with van der Waals surface area (Å²) >= 11 is 12.0. The van der Waals surface area contributed by atoms with Crippen LogP contribution in [0, 0.1) is 0 Å². The Kier molecular flexibility index (Phi) is 5.51. The van der Waals surface area contributed by atoms with Gasteiger partial charge in [0.1, 0.15) is 5.70 Å². The lowest BCUT2D eigenvalue weighted by molar-refractivity contribution is 0.0500. The fraction of sp³-hybridized carbons (Fsp3) is 0.400. The molecule has 21 heavy (non-hydrogen) atoms. The number of halogens is 2. The molecule has 2 rings (SSSR count). The van der Waals surface area contributed by atoms with Crippen molar-refractivity contribution in [3.05, 3.63) is 45.7 Å².